The third-order valence-electron chi connectivity index (χ3n) is 3.36. The Morgan fingerprint density at radius 3 is 2.25 bits per heavy atom. The van der Waals surface area contributed by atoms with Gasteiger partial charge in [-0.1, -0.05) is 11.7 Å². The van der Waals surface area contributed by atoms with Gasteiger partial charge in [0, 0.05) is 11.1 Å². The smallest absolute Gasteiger partial charge is 0.258 e. The first-order valence-electron chi connectivity index (χ1n) is 7.51. The summed E-state index contributed by atoms with van der Waals surface area (Å²) in [5.74, 6) is 2.56. The molecule has 0 spiro atoms. The van der Waals surface area contributed by atoms with Gasteiger partial charge in [-0.15, -0.1) is 0 Å². The number of methoxy groups -OCH3 is 1. The molecule has 24 heavy (non-hydrogen) atoms. The van der Waals surface area contributed by atoms with Gasteiger partial charge in [-0.3, -0.25) is 0 Å². The SMILES string of the molecule is C=C(C)COc1ccc(-c2nc(-c3ccc(OC)cc3)no2)cc1. The van der Waals surface area contributed by atoms with E-state index in [4.69, 9.17) is 14.0 Å². The molecule has 0 aliphatic carbocycles. The fourth-order valence-electron chi connectivity index (χ4n) is 2.10. The lowest BCUT2D eigenvalue weighted by Crippen LogP contribution is -1.97. The van der Waals surface area contributed by atoms with Crippen LogP contribution in [0, 0.1) is 0 Å². The molecule has 0 bridgehead atoms. The number of hydrogen-bond donors (Lipinski definition) is 0. The second-order valence-corrected chi connectivity index (χ2v) is 5.42. The molecular formula is C19H18N2O3. The van der Waals surface area contributed by atoms with Gasteiger partial charge >= 0.3 is 0 Å². The average molecular weight is 322 g/mol. The van der Waals surface area contributed by atoms with Gasteiger partial charge in [0.2, 0.25) is 5.82 Å². The van der Waals surface area contributed by atoms with Crippen LogP contribution in [-0.4, -0.2) is 23.9 Å². The van der Waals surface area contributed by atoms with Crippen molar-refractivity contribution in [1.82, 2.24) is 10.1 Å². The van der Waals surface area contributed by atoms with Crippen molar-refractivity contribution in [2.45, 2.75) is 6.92 Å². The number of ether oxygens (including phenoxy) is 2. The monoisotopic (exact) mass is 322 g/mol. The van der Waals surface area contributed by atoms with Gasteiger partial charge in [-0.2, -0.15) is 4.98 Å². The molecule has 5 heteroatoms. The molecular weight excluding hydrogens is 304 g/mol. The highest BCUT2D eigenvalue weighted by atomic mass is 16.5. The van der Waals surface area contributed by atoms with Crippen molar-refractivity contribution in [3.63, 3.8) is 0 Å². The fraction of sp³-hybridized carbons (Fsp3) is 0.158. The average Bonchev–Trinajstić information content (AvgIpc) is 3.10. The van der Waals surface area contributed by atoms with Gasteiger partial charge in [0.25, 0.3) is 5.89 Å². The minimum atomic E-state index is 0.465. The van der Waals surface area contributed by atoms with Crippen molar-refractivity contribution in [3.05, 3.63) is 60.7 Å². The Hall–Kier alpha value is -3.08. The van der Waals surface area contributed by atoms with Crippen LogP contribution in [-0.2, 0) is 0 Å². The fourth-order valence-corrected chi connectivity index (χ4v) is 2.10. The lowest BCUT2D eigenvalue weighted by molar-refractivity contribution is 0.352. The molecule has 0 saturated carbocycles. The first-order chi connectivity index (χ1) is 11.7. The predicted molar refractivity (Wildman–Crippen MR) is 92.0 cm³/mol. The second-order valence-electron chi connectivity index (χ2n) is 5.42. The van der Waals surface area contributed by atoms with Crippen molar-refractivity contribution >= 4 is 0 Å². The Labute approximate surface area is 140 Å². The van der Waals surface area contributed by atoms with Gasteiger partial charge < -0.3 is 14.0 Å². The molecule has 0 fully saturated rings. The highest BCUT2D eigenvalue weighted by Gasteiger charge is 2.11. The van der Waals surface area contributed by atoms with E-state index in [-0.39, 0.29) is 0 Å². The zero-order valence-electron chi connectivity index (χ0n) is 13.7. The van der Waals surface area contributed by atoms with Crippen LogP contribution in [0.2, 0.25) is 0 Å². The number of nitrogens with zero attached hydrogens (tertiary/aromatic N) is 2. The molecule has 5 nitrogen and oxygen atoms in total. The van der Waals surface area contributed by atoms with Gasteiger partial charge in [-0.25, -0.2) is 0 Å². The van der Waals surface area contributed by atoms with Gasteiger partial charge in [0.15, 0.2) is 0 Å². The van der Waals surface area contributed by atoms with Gasteiger partial charge in [0.1, 0.15) is 18.1 Å². The highest BCUT2D eigenvalue weighted by molar-refractivity contribution is 5.60. The molecule has 3 rings (SSSR count). The largest absolute Gasteiger partial charge is 0.497 e. The summed E-state index contributed by atoms with van der Waals surface area (Å²) in [5.41, 5.74) is 2.68. The summed E-state index contributed by atoms with van der Waals surface area (Å²) in [6.45, 7) is 6.24. The maximum absolute atomic E-state index is 5.58. The van der Waals surface area contributed by atoms with Crippen LogP contribution in [0.15, 0.2) is 65.2 Å². The van der Waals surface area contributed by atoms with Crippen LogP contribution < -0.4 is 9.47 Å². The van der Waals surface area contributed by atoms with E-state index in [1.165, 1.54) is 0 Å². The number of benzene rings is 2. The van der Waals surface area contributed by atoms with Crippen LogP contribution in [0.4, 0.5) is 0 Å². The number of rotatable bonds is 6. The van der Waals surface area contributed by atoms with Crippen molar-refractivity contribution in [1.29, 1.82) is 0 Å². The van der Waals surface area contributed by atoms with Crippen LogP contribution in [0.25, 0.3) is 22.8 Å². The molecule has 0 aliphatic heterocycles. The van der Waals surface area contributed by atoms with E-state index in [9.17, 15) is 0 Å². The quantitative estimate of drug-likeness (QED) is 0.631. The van der Waals surface area contributed by atoms with E-state index < -0.39 is 0 Å². The summed E-state index contributed by atoms with van der Waals surface area (Å²) in [7, 11) is 1.63. The van der Waals surface area contributed by atoms with E-state index in [1.54, 1.807) is 7.11 Å². The summed E-state index contributed by atoms with van der Waals surface area (Å²) in [5, 5.41) is 4.03. The molecule has 1 aromatic heterocycles. The first-order valence-corrected chi connectivity index (χ1v) is 7.51. The molecule has 0 saturated heterocycles. The zero-order valence-corrected chi connectivity index (χ0v) is 13.7. The molecule has 0 N–H and O–H groups in total. The summed E-state index contributed by atoms with van der Waals surface area (Å²) < 4.78 is 16.1. The Bertz CT molecular complexity index is 821. The van der Waals surface area contributed by atoms with E-state index in [2.05, 4.69) is 16.7 Å². The minimum absolute atomic E-state index is 0.465. The van der Waals surface area contributed by atoms with Gasteiger partial charge in [0.05, 0.1) is 7.11 Å². The van der Waals surface area contributed by atoms with Crippen molar-refractivity contribution in [3.8, 4) is 34.3 Å². The van der Waals surface area contributed by atoms with Crippen molar-refractivity contribution in [2.75, 3.05) is 13.7 Å². The standard InChI is InChI=1S/C19H18N2O3/c1-13(2)12-23-17-10-6-15(7-11-17)19-20-18(21-24-19)14-4-8-16(22-3)9-5-14/h4-11H,1,12H2,2-3H3. The number of aromatic nitrogens is 2. The molecule has 0 amide bonds. The van der Waals surface area contributed by atoms with E-state index in [1.807, 2.05) is 55.5 Å². The topological polar surface area (TPSA) is 57.4 Å². The zero-order chi connectivity index (χ0) is 16.9. The molecule has 1 heterocycles. The summed E-state index contributed by atoms with van der Waals surface area (Å²) in [6.07, 6.45) is 0. The van der Waals surface area contributed by atoms with E-state index in [0.717, 1.165) is 28.2 Å². The molecule has 3 aromatic rings. The Morgan fingerprint density at radius 2 is 1.62 bits per heavy atom. The molecule has 0 atom stereocenters. The van der Waals surface area contributed by atoms with Crippen LogP contribution in [0.1, 0.15) is 6.92 Å². The Balaban J connectivity index is 1.76. The highest BCUT2D eigenvalue weighted by Crippen LogP contribution is 2.25. The molecule has 122 valence electrons. The van der Waals surface area contributed by atoms with E-state index in [0.29, 0.717) is 18.3 Å². The normalized spacial score (nSPS) is 10.4. The predicted octanol–water partition coefficient (Wildman–Crippen LogP) is 4.37. The molecule has 0 aliphatic rings. The third-order valence-corrected chi connectivity index (χ3v) is 3.36. The van der Waals surface area contributed by atoms with Crippen LogP contribution >= 0.6 is 0 Å². The van der Waals surface area contributed by atoms with Crippen LogP contribution in [0.3, 0.4) is 0 Å². The summed E-state index contributed by atoms with van der Waals surface area (Å²) in [6, 6.07) is 15.0. The lowest BCUT2D eigenvalue weighted by atomic mass is 10.2. The summed E-state index contributed by atoms with van der Waals surface area (Å²) >= 11 is 0. The Kier molecular flexibility index (Phi) is 4.61. The van der Waals surface area contributed by atoms with Crippen molar-refractivity contribution < 1.29 is 14.0 Å². The molecule has 2 aromatic carbocycles. The van der Waals surface area contributed by atoms with Crippen LogP contribution in [0.5, 0.6) is 11.5 Å². The van der Waals surface area contributed by atoms with E-state index >= 15 is 0 Å². The third kappa shape index (κ3) is 3.63. The number of hydrogen-bond acceptors (Lipinski definition) is 5. The lowest BCUT2D eigenvalue weighted by Gasteiger charge is -2.05. The molecule has 0 unspecified atom stereocenters. The second kappa shape index (κ2) is 7.00. The maximum Gasteiger partial charge on any atom is 0.258 e. The first kappa shape index (κ1) is 15.8. The van der Waals surface area contributed by atoms with Crippen molar-refractivity contribution in [2.24, 2.45) is 0 Å². The van der Waals surface area contributed by atoms with Gasteiger partial charge in [-0.05, 0) is 61.0 Å². The minimum Gasteiger partial charge on any atom is -0.497 e. The Morgan fingerprint density at radius 1 is 1.00 bits per heavy atom. The maximum atomic E-state index is 5.58. The molecule has 0 radical (unpaired) electrons. The summed E-state index contributed by atoms with van der Waals surface area (Å²) in [4.78, 5) is 4.44.